The Labute approximate surface area is 156 Å². The summed E-state index contributed by atoms with van der Waals surface area (Å²) in [5.74, 6) is 0.615. The maximum absolute atomic E-state index is 13.4. The summed E-state index contributed by atoms with van der Waals surface area (Å²) in [5, 5.41) is 5.89. The highest BCUT2D eigenvalue weighted by molar-refractivity contribution is 5.99. The van der Waals surface area contributed by atoms with Crippen LogP contribution < -0.4 is 15.4 Å². The first-order valence-electron chi connectivity index (χ1n) is 8.69. The minimum absolute atomic E-state index is 0.0948. The van der Waals surface area contributed by atoms with Crippen LogP contribution in [0.3, 0.4) is 0 Å². The fourth-order valence-corrected chi connectivity index (χ4v) is 3.06. The quantitative estimate of drug-likeness (QED) is 0.726. The van der Waals surface area contributed by atoms with Gasteiger partial charge in [0.05, 0.1) is 12.1 Å². The predicted molar refractivity (Wildman–Crippen MR) is 101 cm³/mol. The van der Waals surface area contributed by atoms with E-state index in [1.54, 1.807) is 30.5 Å². The Hall–Kier alpha value is -3.41. The summed E-state index contributed by atoms with van der Waals surface area (Å²) >= 11 is 0. The van der Waals surface area contributed by atoms with Gasteiger partial charge in [-0.3, -0.25) is 4.79 Å². The predicted octanol–water partition coefficient (Wildman–Crippen LogP) is 3.70. The van der Waals surface area contributed by atoms with Crippen molar-refractivity contribution in [2.45, 2.75) is 12.5 Å². The van der Waals surface area contributed by atoms with Gasteiger partial charge in [0.1, 0.15) is 23.5 Å². The number of halogens is 1. The molecule has 1 atom stereocenters. The van der Waals surface area contributed by atoms with Crippen molar-refractivity contribution < 1.29 is 13.9 Å². The molecule has 0 radical (unpaired) electrons. The Kier molecular flexibility index (Phi) is 4.70. The summed E-state index contributed by atoms with van der Waals surface area (Å²) in [7, 11) is 0. The second-order valence-electron chi connectivity index (χ2n) is 6.30. The fraction of sp³-hybridized carbons (Fsp3) is 0.143. The maximum Gasteiger partial charge on any atom is 0.255 e. The zero-order chi connectivity index (χ0) is 18.6. The zero-order valence-electron chi connectivity index (χ0n) is 14.5. The average Bonchev–Trinajstić information content (AvgIpc) is 3.09. The van der Waals surface area contributed by atoms with Crippen molar-refractivity contribution in [1.82, 2.24) is 10.3 Å². The molecule has 1 amide bonds. The Morgan fingerprint density at radius 1 is 1.15 bits per heavy atom. The highest BCUT2D eigenvalue weighted by Crippen LogP contribution is 2.27. The molecule has 0 spiro atoms. The van der Waals surface area contributed by atoms with E-state index in [4.69, 9.17) is 4.74 Å². The van der Waals surface area contributed by atoms with Gasteiger partial charge in [-0.05, 0) is 42.0 Å². The number of para-hydroxylation sites is 1. The number of rotatable bonds is 5. The van der Waals surface area contributed by atoms with Crippen LogP contribution in [-0.2, 0) is 6.42 Å². The molecule has 0 saturated carbocycles. The first-order chi connectivity index (χ1) is 13.2. The highest BCUT2D eigenvalue weighted by atomic mass is 19.1. The van der Waals surface area contributed by atoms with Gasteiger partial charge in [0.15, 0.2) is 0 Å². The van der Waals surface area contributed by atoms with Gasteiger partial charge in [-0.2, -0.15) is 0 Å². The maximum atomic E-state index is 13.4. The average molecular weight is 363 g/mol. The number of fused-ring (bicyclic) bond motifs is 1. The monoisotopic (exact) mass is 363 g/mol. The summed E-state index contributed by atoms with van der Waals surface area (Å²) in [4.78, 5) is 16.8. The third-order valence-corrected chi connectivity index (χ3v) is 4.34. The number of aromatic nitrogens is 1. The van der Waals surface area contributed by atoms with Crippen LogP contribution in [0.25, 0.3) is 0 Å². The SMILES string of the molecule is O=C(NC[C@@H]1Cc2ccccc2O1)c1cccnc1Nc1cccc(F)c1. The molecular formula is C21H18FN3O2. The van der Waals surface area contributed by atoms with Crippen LogP contribution in [0.4, 0.5) is 15.9 Å². The van der Waals surface area contributed by atoms with Crippen molar-refractivity contribution >= 4 is 17.4 Å². The smallest absolute Gasteiger partial charge is 0.255 e. The Morgan fingerprint density at radius 2 is 2.04 bits per heavy atom. The van der Waals surface area contributed by atoms with Crippen LogP contribution in [-0.4, -0.2) is 23.5 Å². The summed E-state index contributed by atoms with van der Waals surface area (Å²) in [6.45, 7) is 0.391. The Bertz CT molecular complexity index is 952. The normalized spacial score (nSPS) is 14.9. The Balaban J connectivity index is 1.42. The number of carbonyl (C=O) groups excluding carboxylic acids is 1. The first kappa shape index (κ1) is 17.0. The topological polar surface area (TPSA) is 63.2 Å². The minimum Gasteiger partial charge on any atom is -0.488 e. The molecule has 27 heavy (non-hydrogen) atoms. The lowest BCUT2D eigenvalue weighted by Crippen LogP contribution is -2.34. The second kappa shape index (κ2) is 7.45. The van der Waals surface area contributed by atoms with Crippen LogP contribution in [0.15, 0.2) is 66.9 Å². The number of carbonyl (C=O) groups is 1. The lowest BCUT2D eigenvalue weighted by molar-refractivity contribution is 0.0934. The van der Waals surface area contributed by atoms with Crippen molar-refractivity contribution in [1.29, 1.82) is 0 Å². The van der Waals surface area contributed by atoms with E-state index in [0.717, 1.165) is 17.7 Å². The lowest BCUT2D eigenvalue weighted by atomic mass is 10.1. The van der Waals surface area contributed by atoms with Crippen molar-refractivity contribution in [3.05, 3.63) is 83.8 Å². The molecule has 1 aromatic heterocycles. The van der Waals surface area contributed by atoms with Crippen LogP contribution in [0.2, 0.25) is 0 Å². The van der Waals surface area contributed by atoms with Gasteiger partial charge in [0.25, 0.3) is 5.91 Å². The van der Waals surface area contributed by atoms with E-state index >= 15 is 0 Å². The van der Waals surface area contributed by atoms with Crippen LogP contribution >= 0.6 is 0 Å². The van der Waals surface area contributed by atoms with Gasteiger partial charge >= 0.3 is 0 Å². The number of nitrogens with zero attached hydrogens (tertiary/aromatic N) is 1. The fourth-order valence-electron chi connectivity index (χ4n) is 3.06. The van der Waals surface area contributed by atoms with Gasteiger partial charge < -0.3 is 15.4 Å². The molecule has 0 fully saturated rings. The van der Waals surface area contributed by atoms with Crippen molar-refractivity contribution in [2.75, 3.05) is 11.9 Å². The van der Waals surface area contributed by atoms with Gasteiger partial charge in [0, 0.05) is 18.3 Å². The number of hydrogen-bond acceptors (Lipinski definition) is 4. The molecule has 1 aliphatic heterocycles. The Morgan fingerprint density at radius 3 is 2.89 bits per heavy atom. The van der Waals surface area contributed by atoms with E-state index in [9.17, 15) is 9.18 Å². The van der Waals surface area contributed by atoms with Crippen LogP contribution in [0.5, 0.6) is 5.75 Å². The molecule has 2 aromatic carbocycles. The van der Waals surface area contributed by atoms with Crippen molar-refractivity contribution in [2.24, 2.45) is 0 Å². The molecule has 4 rings (SSSR count). The minimum atomic E-state index is -0.361. The van der Waals surface area contributed by atoms with Crippen LogP contribution in [0, 0.1) is 5.82 Å². The number of amides is 1. The summed E-state index contributed by atoms with van der Waals surface area (Å²) in [6.07, 6.45) is 2.25. The lowest BCUT2D eigenvalue weighted by Gasteiger charge is -2.14. The summed E-state index contributed by atoms with van der Waals surface area (Å²) in [6, 6.07) is 17.2. The first-order valence-corrected chi connectivity index (χ1v) is 8.69. The number of benzene rings is 2. The molecule has 6 heteroatoms. The molecule has 5 nitrogen and oxygen atoms in total. The van der Waals surface area contributed by atoms with Gasteiger partial charge in [-0.15, -0.1) is 0 Å². The van der Waals surface area contributed by atoms with Crippen LogP contribution in [0.1, 0.15) is 15.9 Å². The van der Waals surface area contributed by atoms with E-state index in [0.29, 0.717) is 23.6 Å². The second-order valence-corrected chi connectivity index (χ2v) is 6.30. The molecule has 0 saturated heterocycles. The number of anilines is 2. The number of nitrogens with one attached hydrogen (secondary N) is 2. The standard InChI is InChI=1S/C21H18FN3O2/c22-15-6-3-7-16(12-15)25-20-18(8-4-10-23-20)21(26)24-13-17-11-14-5-1-2-9-19(14)27-17/h1-10,12,17H,11,13H2,(H,23,25)(H,24,26)/t17-/m0/s1. The van der Waals surface area contributed by atoms with Crippen molar-refractivity contribution in [3.63, 3.8) is 0 Å². The number of hydrogen-bond donors (Lipinski definition) is 2. The molecule has 0 aliphatic carbocycles. The van der Waals surface area contributed by atoms with E-state index in [2.05, 4.69) is 15.6 Å². The highest BCUT2D eigenvalue weighted by Gasteiger charge is 2.23. The third kappa shape index (κ3) is 3.89. The third-order valence-electron chi connectivity index (χ3n) is 4.34. The molecule has 0 bridgehead atoms. The van der Waals surface area contributed by atoms with Gasteiger partial charge in [-0.1, -0.05) is 24.3 Å². The van der Waals surface area contributed by atoms with E-state index in [-0.39, 0.29) is 17.8 Å². The summed E-state index contributed by atoms with van der Waals surface area (Å²) < 4.78 is 19.2. The number of ether oxygens (including phenoxy) is 1. The largest absolute Gasteiger partial charge is 0.488 e. The molecular weight excluding hydrogens is 345 g/mol. The van der Waals surface area contributed by atoms with Gasteiger partial charge in [-0.25, -0.2) is 9.37 Å². The van der Waals surface area contributed by atoms with Gasteiger partial charge in [0.2, 0.25) is 0 Å². The molecule has 2 heterocycles. The van der Waals surface area contributed by atoms with Crippen molar-refractivity contribution in [3.8, 4) is 5.75 Å². The van der Waals surface area contributed by atoms with E-state index < -0.39 is 0 Å². The van der Waals surface area contributed by atoms with E-state index in [1.165, 1.54) is 12.1 Å². The molecule has 0 unspecified atom stereocenters. The molecule has 2 N–H and O–H groups in total. The molecule has 136 valence electrons. The van der Waals surface area contributed by atoms with E-state index in [1.807, 2.05) is 24.3 Å². The number of pyridine rings is 1. The summed E-state index contributed by atoms with van der Waals surface area (Å²) in [5.41, 5.74) is 2.06. The molecule has 1 aliphatic rings. The zero-order valence-corrected chi connectivity index (χ0v) is 14.5. The molecule has 3 aromatic rings.